The maximum atomic E-state index is 12.5. The van der Waals surface area contributed by atoms with Crippen LogP contribution < -0.4 is 5.32 Å². The fourth-order valence-corrected chi connectivity index (χ4v) is 4.37. The Kier molecular flexibility index (Phi) is 8.94. The van der Waals surface area contributed by atoms with E-state index in [9.17, 15) is 9.59 Å². The van der Waals surface area contributed by atoms with E-state index >= 15 is 0 Å². The lowest BCUT2D eigenvalue weighted by Gasteiger charge is -2.49. The Labute approximate surface area is 217 Å². The van der Waals surface area contributed by atoms with E-state index in [4.69, 9.17) is 28.4 Å². The minimum Gasteiger partial charge on any atom is -0.458 e. The average molecular weight is 514 g/mol. The fourth-order valence-electron chi connectivity index (χ4n) is 4.37. The summed E-state index contributed by atoms with van der Waals surface area (Å²) in [4.78, 5) is 24.7. The van der Waals surface area contributed by atoms with Gasteiger partial charge in [-0.25, -0.2) is 4.79 Å². The van der Waals surface area contributed by atoms with Crippen LogP contribution in [0.5, 0.6) is 0 Å². The summed E-state index contributed by atoms with van der Waals surface area (Å²) in [6.07, 6.45) is -3.48. The van der Waals surface area contributed by atoms with Crippen LogP contribution in [-0.4, -0.2) is 61.3 Å². The summed E-state index contributed by atoms with van der Waals surface area (Å²) >= 11 is 0. The SMILES string of the molecule is CC(=O)N[C@@H]1C(OCC(=O)OC(C)(C)C)[C@H]2OC(c3ccccc3)OCC2O[C@@H]1OCc1ccccc1. The van der Waals surface area contributed by atoms with Crippen LogP contribution in [-0.2, 0) is 44.6 Å². The number of amides is 1. The molecule has 0 radical (unpaired) electrons. The topological polar surface area (TPSA) is 102 Å². The molecular weight excluding hydrogens is 478 g/mol. The highest BCUT2D eigenvalue weighted by molar-refractivity contribution is 5.73. The third kappa shape index (κ3) is 7.59. The number of rotatable bonds is 8. The van der Waals surface area contributed by atoms with Gasteiger partial charge in [-0.2, -0.15) is 0 Å². The highest BCUT2D eigenvalue weighted by atomic mass is 16.8. The van der Waals surface area contributed by atoms with Gasteiger partial charge in [0.2, 0.25) is 5.91 Å². The number of hydrogen-bond acceptors (Lipinski definition) is 8. The van der Waals surface area contributed by atoms with Crippen LogP contribution in [0.2, 0.25) is 0 Å². The molecular formula is C28H35NO8. The van der Waals surface area contributed by atoms with E-state index in [1.165, 1.54) is 6.92 Å². The first kappa shape index (κ1) is 27.2. The Morgan fingerprint density at radius 3 is 2.30 bits per heavy atom. The van der Waals surface area contributed by atoms with Crippen molar-refractivity contribution in [3.8, 4) is 0 Å². The Morgan fingerprint density at radius 2 is 1.65 bits per heavy atom. The normalized spacial score (nSPS) is 27.7. The molecule has 2 aromatic rings. The van der Waals surface area contributed by atoms with E-state index in [1.807, 2.05) is 60.7 Å². The molecule has 2 aromatic carbocycles. The van der Waals surface area contributed by atoms with Crippen LogP contribution in [0.15, 0.2) is 60.7 Å². The second kappa shape index (κ2) is 12.1. The minimum atomic E-state index is -0.866. The van der Waals surface area contributed by atoms with Gasteiger partial charge in [0.15, 0.2) is 12.6 Å². The van der Waals surface area contributed by atoms with Crippen molar-refractivity contribution in [1.82, 2.24) is 5.32 Å². The molecule has 0 saturated carbocycles. The first-order valence-electron chi connectivity index (χ1n) is 12.4. The third-order valence-electron chi connectivity index (χ3n) is 5.85. The first-order valence-corrected chi connectivity index (χ1v) is 12.4. The predicted molar refractivity (Wildman–Crippen MR) is 133 cm³/mol. The van der Waals surface area contributed by atoms with Crippen molar-refractivity contribution in [1.29, 1.82) is 0 Å². The Hall–Kier alpha value is -2.82. The van der Waals surface area contributed by atoms with Crippen molar-refractivity contribution < 1.29 is 38.0 Å². The summed E-state index contributed by atoms with van der Waals surface area (Å²) in [5.41, 5.74) is 1.12. The summed E-state index contributed by atoms with van der Waals surface area (Å²) < 4.78 is 36.2. The Balaban J connectivity index is 1.56. The van der Waals surface area contributed by atoms with E-state index < -0.39 is 48.5 Å². The molecule has 1 amide bonds. The van der Waals surface area contributed by atoms with Gasteiger partial charge in [0.1, 0.15) is 36.6 Å². The smallest absolute Gasteiger partial charge is 0.332 e. The Morgan fingerprint density at radius 1 is 0.973 bits per heavy atom. The van der Waals surface area contributed by atoms with E-state index in [2.05, 4.69) is 5.32 Å². The molecule has 0 aromatic heterocycles. The molecule has 2 aliphatic heterocycles. The van der Waals surface area contributed by atoms with Crippen LogP contribution in [0.1, 0.15) is 45.1 Å². The number of hydrogen-bond donors (Lipinski definition) is 1. The van der Waals surface area contributed by atoms with E-state index in [1.54, 1.807) is 20.8 Å². The number of fused-ring (bicyclic) bond motifs is 1. The van der Waals surface area contributed by atoms with Gasteiger partial charge in [0.25, 0.3) is 0 Å². The van der Waals surface area contributed by atoms with Gasteiger partial charge in [0, 0.05) is 12.5 Å². The first-order chi connectivity index (χ1) is 17.7. The molecule has 200 valence electrons. The zero-order valence-corrected chi connectivity index (χ0v) is 21.6. The van der Waals surface area contributed by atoms with E-state index in [0.29, 0.717) is 0 Å². The number of carbonyl (C=O) groups excluding carboxylic acids is 2. The van der Waals surface area contributed by atoms with Crippen molar-refractivity contribution in [2.75, 3.05) is 13.2 Å². The molecule has 0 aliphatic carbocycles. The van der Waals surface area contributed by atoms with Crippen LogP contribution in [0.4, 0.5) is 0 Å². The second-order valence-corrected chi connectivity index (χ2v) is 10.1. The van der Waals surface area contributed by atoms with Gasteiger partial charge in [-0.05, 0) is 26.3 Å². The lowest BCUT2D eigenvalue weighted by atomic mass is 9.95. The fraction of sp³-hybridized carbons (Fsp3) is 0.500. The van der Waals surface area contributed by atoms with Crippen molar-refractivity contribution in [3.63, 3.8) is 0 Å². The Bertz CT molecular complexity index is 1030. The zero-order valence-electron chi connectivity index (χ0n) is 21.6. The summed E-state index contributed by atoms with van der Waals surface area (Å²) in [6, 6.07) is 18.4. The van der Waals surface area contributed by atoms with E-state index in [-0.39, 0.29) is 25.7 Å². The molecule has 2 heterocycles. The minimum absolute atomic E-state index is 0.217. The number of ether oxygens (including phenoxy) is 6. The van der Waals surface area contributed by atoms with Crippen LogP contribution in [0.3, 0.4) is 0 Å². The summed E-state index contributed by atoms with van der Waals surface area (Å²) in [5.74, 6) is -0.816. The summed E-state index contributed by atoms with van der Waals surface area (Å²) in [5, 5.41) is 2.89. The number of benzene rings is 2. The molecule has 6 atom stereocenters. The zero-order chi connectivity index (χ0) is 26.4. The number of carbonyl (C=O) groups is 2. The maximum absolute atomic E-state index is 12.5. The lowest BCUT2D eigenvalue weighted by Crippen LogP contribution is -2.67. The van der Waals surface area contributed by atoms with Crippen molar-refractivity contribution in [2.45, 2.75) is 76.8 Å². The average Bonchev–Trinajstić information content (AvgIpc) is 2.86. The number of esters is 1. The number of nitrogens with one attached hydrogen (secondary N) is 1. The molecule has 3 unspecified atom stereocenters. The largest absolute Gasteiger partial charge is 0.458 e. The quantitative estimate of drug-likeness (QED) is 0.537. The van der Waals surface area contributed by atoms with Gasteiger partial charge in [-0.15, -0.1) is 0 Å². The van der Waals surface area contributed by atoms with Gasteiger partial charge in [-0.1, -0.05) is 60.7 Å². The molecule has 0 spiro atoms. The predicted octanol–water partition coefficient (Wildman–Crippen LogP) is 3.27. The maximum Gasteiger partial charge on any atom is 0.332 e. The standard InChI is InChI=1S/C28H35NO8/c1-18(30)29-23-25(32-17-22(31)37-28(2,3)4)24-21(16-34-26(36-24)20-13-9-6-10-14-20)35-27(23)33-15-19-11-7-5-8-12-19/h5-14,21,23-27H,15-17H2,1-4H3,(H,29,30)/t21?,23-,24+,25?,26?,27+/m1/s1. The molecule has 2 aliphatic rings. The van der Waals surface area contributed by atoms with Gasteiger partial charge in [-0.3, -0.25) is 4.79 Å². The third-order valence-corrected chi connectivity index (χ3v) is 5.85. The molecule has 2 fully saturated rings. The van der Waals surface area contributed by atoms with Crippen LogP contribution in [0, 0.1) is 0 Å². The van der Waals surface area contributed by atoms with Gasteiger partial charge < -0.3 is 33.7 Å². The van der Waals surface area contributed by atoms with E-state index in [0.717, 1.165) is 11.1 Å². The van der Waals surface area contributed by atoms with Crippen molar-refractivity contribution in [2.24, 2.45) is 0 Å². The molecule has 4 rings (SSSR count). The summed E-state index contributed by atoms with van der Waals surface area (Å²) in [6.45, 7) is 6.91. The molecule has 0 bridgehead atoms. The lowest BCUT2D eigenvalue weighted by molar-refractivity contribution is -0.349. The summed E-state index contributed by atoms with van der Waals surface area (Å²) in [7, 11) is 0. The van der Waals surface area contributed by atoms with Gasteiger partial charge in [0.05, 0.1) is 13.2 Å². The van der Waals surface area contributed by atoms with Gasteiger partial charge >= 0.3 is 5.97 Å². The molecule has 9 heteroatoms. The highest BCUT2D eigenvalue weighted by Gasteiger charge is 2.51. The molecule has 2 saturated heterocycles. The van der Waals surface area contributed by atoms with Crippen molar-refractivity contribution in [3.05, 3.63) is 71.8 Å². The van der Waals surface area contributed by atoms with Crippen LogP contribution >= 0.6 is 0 Å². The van der Waals surface area contributed by atoms with Crippen molar-refractivity contribution >= 4 is 11.9 Å². The molecule has 37 heavy (non-hydrogen) atoms. The second-order valence-electron chi connectivity index (χ2n) is 10.1. The highest BCUT2D eigenvalue weighted by Crippen LogP contribution is 2.36. The molecule has 9 nitrogen and oxygen atoms in total. The van der Waals surface area contributed by atoms with Crippen LogP contribution in [0.25, 0.3) is 0 Å². The monoisotopic (exact) mass is 513 g/mol. The molecule has 1 N–H and O–H groups in total.